The van der Waals surface area contributed by atoms with E-state index in [1.54, 1.807) is 12.1 Å². The van der Waals surface area contributed by atoms with Crippen molar-refractivity contribution in [2.24, 2.45) is 11.8 Å². The maximum Gasteiger partial charge on any atom is 0.338 e. The number of piperidine rings is 1. The van der Waals surface area contributed by atoms with Crippen LogP contribution in [0.1, 0.15) is 42.5 Å². The quantitative estimate of drug-likeness (QED) is 0.788. The number of carbonyl (C=O) groups is 2. The van der Waals surface area contributed by atoms with Gasteiger partial charge in [-0.25, -0.2) is 4.79 Å². The molecule has 0 aromatic heterocycles. The third-order valence-electron chi connectivity index (χ3n) is 5.59. The van der Waals surface area contributed by atoms with Gasteiger partial charge >= 0.3 is 5.97 Å². The molecule has 3 rings (SSSR count). The minimum absolute atomic E-state index is 0.0673. The fourth-order valence-corrected chi connectivity index (χ4v) is 4.02. The molecule has 5 nitrogen and oxygen atoms in total. The van der Waals surface area contributed by atoms with Crippen molar-refractivity contribution in [2.45, 2.75) is 32.1 Å². The first-order valence-electron chi connectivity index (χ1n) is 9.27. The van der Waals surface area contributed by atoms with E-state index in [1.165, 1.54) is 25.7 Å². The van der Waals surface area contributed by atoms with Gasteiger partial charge in [0.1, 0.15) is 0 Å². The predicted octanol–water partition coefficient (Wildman–Crippen LogP) is 2.95. The molecule has 2 aliphatic rings. The van der Waals surface area contributed by atoms with E-state index in [2.05, 4.69) is 0 Å². The molecule has 1 saturated heterocycles. The molecule has 1 aromatic carbocycles. The molecule has 2 fully saturated rings. The lowest BCUT2D eigenvalue weighted by Crippen LogP contribution is -2.46. The molecule has 1 amide bonds. The Hall–Kier alpha value is -2.04. The van der Waals surface area contributed by atoms with Crippen LogP contribution in [0.2, 0.25) is 0 Å². The van der Waals surface area contributed by atoms with Crippen molar-refractivity contribution >= 4 is 17.6 Å². The normalized spacial score (nSPS) is 22.9. The lowest BCUT2D eigenvalue weighted by Gasteiger charge is -2.41. The molecule has 1 saturated carbocycles. The van der Waals surface area contributed by atoms with Crippen LogP contribution in [0, 0.1) is 11.8 Å². The lowest BCUT2D eigenvalue weighted by atomic mass is 9.75. The van der Waals surface area contributed by atoms with E-state index in [4.69, 9.17) is 4.74 Å². The number of fused-ring (bicyclic) bond motifs is 1. The number of rotatable bonds is 4. The van der Waals surface area contributed by atoms with Crippen LogP contribution >= 0.6 is 0 Å². The fourth-order valence-electron chi connectivity index (χ4n) is 4.02. The van der Waals surface area contributed by atoms with E-state index in [1.807, 2.05) is 36.0 Å². The van der Waals surface area contributed by atoms with Gasteiger partial charge in [-0.15, -0.1) is 0 Å². The monoisotopic (exact) mass is 344 g/mol. The largest absolute Gasteiger partial charge is 0.452 e. The molecular weight excluding hydrogens is 316 g/mol. The highest BCUT2D eigenvalue weighted by atomic mass is 16.5. The molecular formula is C20H28N2O3. The average molecular weight is 344 g/mol. The first-order chi connectivity index (χ1) is 12.0. The number of anilines is 1. The first-order valence-corrected chi connectivity index (χ1v) is 9.27. The topological polar surface area (TPSA) is 49.9 Å². The summed E-state index contributed by atoms with van der Waals surface area (Å²) < 4.78 is 5.24. The van der Waals surface area contributed by atoms with Crippen molar-refractivity contribution in [1.82, 2.24) is 4.90 Å². The molecule has 0 unspecified atom stereocenters. The molecule has 0 N–H and O–H groups in total. The van der Waals surface area contributed by atoms with Crippen molar-refractivity contribution in [2.75, 3.05) is 38.7 Å². The zero-order valence-electron chi connectivity index (χ0n) is 15.2. The Kier molecular flexibility index (Phi) is 5.61. The van der Waals surface area contributed by atoms with Gasteiger partial charge in [0, 0.05) is 32.9 Å². The van der Waals surface area contributed by atoms with E-state index in [9.17, 15) is 9.59 Å². The van der Waals surface area contributed by atoms with Crippen LogP contribution in [-0.2, 0) is 9.53 Å². The van der Waals surface area contributed by atoms with E-state index >= 15 is 0 Å². The van der Waals surface area contributed by atoms with E-state index in [0.717, 1.165) is 31.1 Å². The van der Waals surface area contributed by atoms with Gasteiger partial charge in [0.05, 0.1) is 5.56 Å². The number of ether oxygens (including phenoxy) is 1. The average Bonchev–Trinajstić information content (AvgIpc) is 2.65. The molecule has 25 heavy (non-hydrogen) atoms. The Bertz CT molecular complexity index is 612. The van der Waals surface area contributed by atoms with Crippen molar-refractivity contribution in [1.29, 1.82) is 0 Å². The molecule has 1 heterocycles. The highest BCUT2D eigenvalue weighted by Crippen LogP contribution is 2.36. The summed E-state index contributed by atoms with van der Waals surface area (Å²) in [5.41, 5.74) is 1.49. The Balaban J connectivity index is 1.49. The number of carbonyl (C=O) groups excluding carboxylic acids is 2. The molecule has 2 atom stereocenters. The SMILES string of the molecule is CN(C)c1ccc(C(=O)OCC(=O)N2CC[C@H]3CCCC[C@H]3C2)cc1. The van der Waals surface area contributed by atoms with Gasteiger partial charge < -0.3 is 14.5 Å². The number of esters is 1. The Labute approximate surface area is 149 Å². The minimum atomic E-state index is -0.439. The zero-order valence-corrected chi connectivity index (χ0v) is 15.2. The molecule has 1 aliphatic carbocycles. The van der Waals surface area contributed by atoms with Gasteiger partial charge in [0.25, 0.3) is 5.91 Å². The summed E-state index contributed by atoms with van der Waals surface area (Å²) in [6, 6.07) is 7.20. The third kappa shape index (κ3) is 4.33. The highest BCUT2D eigenvalue weighted by Gasteiger charge is 2.33. The second kappa shape index (κ2) is 7.89. The van der Waals surface area contributed by atoms with Crippen LogP contribution in [0.15, 0.2) is 24.3 Å². The number of amides is 1. The van der Waals surface area contributed by atoms with E-state index < -0.39 is 5.97 Å². The summed E-state index contributed by atoms with van der Waals surface area (Å²) in [6.45, 7) is 1.47. The second-order valence-electron chi connectivity index (χ2n) is 7.45. The van der Waals surface area contributed by atoms with Crippen LogP contribution in [0.5, 0.6) is 0 Å². The predicted molar refractivity (Wildman–Crippen MR) is 97.7 cm³/mol. The molecule has 0 radical (unpaired) electrons. The van der Waals surface area contributed by atoms with Crippen LogP contribution in [-0.4, -0.2) is 50.6 Å². The summed E-state index contributed by atoms with van der Waals surface area (Å²) in [4.78, 5) is 28.4. The van der Waals surface area contributed by atoms with Crippen LogP contribution in [0.3, 0.4) is 0 Å². The van der Waals surface area contributed by atoms with Crippen LogP contribution < -0.4 is 4.90 Å². The minimum Gasteiger partial charge on any atom is -0.452 e. The molecule has 0 spiro atoms. The maximum absolute atomic E-state index is 12.4. The zero-order chi connectivity index (χ0) is 17.8. The number of benzene rings is 1. The van der Waals surface area contributed by atoms with Crippen molar-refractivity contribution in [3.05, 3.63) is 29.8 Å². The van der Waals surface area contributed by atoms with Crippen LogP contribution in [0.4, 0.5) is 5.69 Å². The number of likely N-dealkylation sites (tertiary alicyclic amines) is 1. The Morgan fingerprint density at radius 3 is 2.44 bits per heavy atom. The fraction of sp³-hybridized carbons (Fsp3) is 0.600. The second-order valence-corrected chi connectivity index (χ2v) is 7.45. The summed E-state index contributed by atoms with van der Waals surface area (Å²) in [6.07, 6.45) is 6.24. The maximum atomic E-state index is 12.4. The van der Waals surface area contributed by atoms with Crippen molar-refractivity contribution in [3.8, 4) is 0 Å². The van der Waals surface area contributed by atoms with Crippen molar-refractivity contribution in [3.63, 3.8) is 0 Å². The summed E-state index contributed by atoms with van der Waals surface area (Å²) >= 11 is 0. The Morgan fingerprint density at radius 2 is 1.76 bits per heavy atom. The molecule has 1 aliphatic heterocycles. The summed E-state index contributed by atoms with van der Waals surface area (Å²) in [7, 11) is 3.89. The van der Waals surface area contributed by atoms with Gasteiger partial charge in [-0.2, -0.15) is 0 Å². The van der Waals surface area contributed by atoms with Gasteiger partial charge in [0.15, 0.2) is 6.61 Å². The third-order valence-corrected chi connectivity index (χ3v) is 5.59. The summed E-state index contributed by atoms with van der Waals surface area (Å²) in [5.74, 6) is 0.921. The Morgan fingerprint density at radius 1 is 1.08 bits per heavy atom. The smallest absolute Gasteiger partial charge is 0.338 e. The summed E-state index contributed by atoms with van der Waals surface area (Å²) in [5, 5.41) is 0. The number of hydrogen-bond acceptors (Lipinski definition) is 4. The molecule has 5 heteroatoms. The first kappa shape index (κ1) is 17.8. The van der Waals surface area contributed by atoms with Crippen molar-refractivity contribution < 1.29 is 14.3 Å². The lowest BCUT2D eigenvalue weighted by molar-refractivity contribution is -0.137. The van der Waals surface area contributed by atoms with Crippen LogP contribution in [0.25, 0.3) is 0 Å². The highest BCUT2D eigenvalue weighted by molar-refractivity contribution is 5.91. The van der Waals surface area contributed by atoms with Gasteiger partial charge in [-0.05, 0) is 48.9 Å². The van der Waals surface area contributed by atoms with Gasteiger partial charge in [0.2, 0.25) is 0 Å². The molecule has 1 aromatic rings. The molecule has 0 bridgehead atoms. The number of nitrogens with zero attached hydrogens (tertiary/aromatic N) is 2. The van der Waals surface area contributed by atoms with E-state index in [-0.39, 0.29) is 12.5 Å². The molecule has 136 valence electrons. The van der Waals surface area contributed by atoms with Gasteiger partial charge in [-0.1, -0.05) is 19.3 Å². The standard InChI is InChI=1S/C20H28N2O3/c1-21(2)18-9-7-16(8-10-18)20(24)25-14-19(23)22-12-11-15-5-3-4-6-17(15)13-22/h7-10,15,17H,3-6,11-14H2,1-2H3/t15-,17+/m1/s1. The number of hydrogen-bond donors (Lipinski definition) is 0. The van der Waals surface area contributed by atoms with Gasteiger partial charge in [-0.3, -0.25) is 4.79 Å². The van der Waals surface area contributed by atoms with E-state index in [0.29, 0.717) is 11.5 Å².